The van der Waals surface area contributed by atoms with Crippen molar-refractivity contribution in [2.75, 3.05) is 6.61 Å². The molecule has 7 nitrogen and oxygen atoms in total. The second kappa shape index (κ2) is 6.87. The van der Waals surface area contributed by atoms with Gasteiger partial charge in [-0.2, -0.15) is 0 Å². The van der Waals surface area contributed by atoms with E-state index in [4.69, 9.17) is 4.74 Å². The van der Waals surface area contributed by atoms with Crippen LogP contribution in [-0.4, -0.2) is 22.5 Å². The van der Waals surface area contributed by atoms with Gasteiger partial charge in [0.2, 0.25) is 0 Å². The first kappa shape index (κ1) is 16.4. The van der Waals surface area contributed by atoms with Crippen LogP contribution in [0.15, 0.2) is 59.7 Å². The minimum Gasteiger partial charge on any atom is -0.458 e. The molecule has 0 amide bonds. The van der Waals surface area contributed by atoms with Gasteiger partial charge in [0.05, 0.1) is 21.9 Å². The van der Waals surface area contributed by atoms with Gasteiger partial charge in [0.15, 0.2) is 0 Å². The quantitative estimate of drug-likeness (QED) is 0.388. The molecule has 0 aliphatic carbocycles. The van der Waals surface area contributed by atoms with Gasteiger partial charge in [0, 0.05) is 11.9 Å². The number of dihydropyridines is 1. The Morgan fingerprint density at radius 3 is 2.78 bits per heavy atom. The molecule has 0 spiro atoms. The van der Waals surface area contributed by atoms with Crippen molar-refractivity contribution in [1.82, 2.24) is 10.3 Å². The summed E-state index contributed by atoms with van der Waals surface area (Å²) in [6.07, 6.45) is 2.97. The van der Waals surface area contributed by atoms with Gasteiger partial charge in [-0.25, -0.2) is 4.79 Å². The van der Waals surface area contributed by atoms with E-state index in [1.165, 1.54) is 12.3 Å². The number of pyridine rings is 1. The number of esters is 1. The normalized spacial score (nSPS) is 17.6. The van der Waals surface area contributed by atoms with Crippen LogP contribution in [0.5, 0.6) is 0 Å². The first-order valence-corrected chi connectivity index (χ1v) is 6.99. The Balaban J connectivity index is 2.57. The highest BCUT2D eigenvalue weighted by Gasteiger charge is 2.41. The zero-order chi connectivity index (χ0) is 17.0. The van der Waals surface area contributed by atoms with Crippen LogP contribution in [0.25, 0.3) is 0 Å². The number of nitrogens with one attached hydrogen (secondary N) is 1. The third kappa shape index (κ3) is 3.28. The molecule has 0 fully saturated rings. The standard InChI is InChI=1S/C16H17N3O4/c1-4-9-23-16(20)13-10(2)18-11(3)15(19(21)22)14(13)12-7-5-6-8-17-12/h4-8,14,18H,1,9H2,2-3H3. The number of hydrogen-bond donors (Lipinski definition) is 1. The maximum atomic E-state index is 12.4. The highest BCUT2D eigenvalue weighted by atomic mass is 16.6. The average molecular weight is 315 g/mol. The topological polar surface area (TPSA) is 94.4 Å². The zero-order valence-corrected chi connectivity index (χ0v) is 12.9. The molecule has 1 aromatic rings. The van der Waals surface area contributed by atoms with E-state index in [9.17, 15) is 14.9 Å². The number of hydrogen-bond acceptors (Lipinski definition) is 6. The van der Waals surface area contributed by atoms with Gasteiger partial charge in [-0.3, -0.25) is 15.1 Å². The molecular formula is C16H17N3O4. The molecule has 2 heterocycles. The van der Waals surface area contributed by atoms with Crippen LogP contribution in [0.3, 0.4) is 0 Å². The maximum absolute atomic E-state index is 12.4. The van der Waals surface area contributed by atoms with Crippen LogP contribution in [0.1, 0.15) is 25.5 Å². The lowest BCUT2D eigenvalue weighted by Crippen LogP contribution is -2.32. The van der Waals surface area contributed by atoms with E-state index in [1.807, 2.05) is 0 Å². The summed E-state index contributed by atoms with van der Waals surface area (Å²) in [5, 5.41) is 14.4. The van der Waals surface area contributed by atoms with Crippen LogP contribution < -0.4 is 5.32 Å². The molecule has 0 radical (unpaired) electrons. The van der Waals surface area contributed by atoms with Crippen molar-refractivity contribution in [3.63, 3.8) is 0 Å². The number of carbonyl (C=O) groups excluding carboxylic acids is 1. The predicted octanol–water partition coefficient (Wildman–Crippen LogP) is 2.28. The van der Waals surface area contributed by atoms with Crippen molar-refractivity contribution in [3.05, 3.63) is 75.5 Å². The Hall–Kier alpha value is -2.96. The highest BCUT2D eigenvalue weighted by Crippen LogP contribution is 2.37. The lowest BCUT2D eigenvalue weighted by molar-refractivity contribution is -0.431. The summed E-state index contributed by atoms with van der Waals surface area (Å²) in [7, 11) is 0. The molecule has 1 atom stereocenters. The molecule has 23 heavy (non-hydrogen) atoms. The van der Waals surface area contributed by atoms with Crippen molar-refractivity contribution in [2.45, 2.75) is 19.8 Å². The van der Waals surface area contributed by atoms with Crippen LogP contribution in [0.2, 0.25) is 0 Å². The highest BCUT2D eigenvalue weighted by molar-refractivity contribution is 5.92. The van der Waals surface area contributed by atoms with E-state index in [0.717, 1.165) is 0 Å². The van der Waals surface area contributed by atoms with E-state index in [-0.39, 0.29) is 17.9 Å². The fraction of sp³-hybridized carbons (Fsp3) is 0.250. The fourth-order valence-electron chi connectivity index (χ4n) is 2.54. The Morgan fingerprint density at radius 1 is 1.48 bits per heavy atom. The molecule has 1 aliphatic heterocycles. The van der Waals surface area contributed by atoms with E-state index < -0.39 is 16.8 Å². The average Bonchev–Trinajstić information content (AvgIpc) is 2.52. The third-order valence-corrected chi connectivity index (χ3v) is 3.46. The van der Waals surface area contributed by atoms with Crippen molar-refractivity contribution in [1.29, 1.82) is 0 Å². The van der Waals surface area contributed by atoms with Crippen molar-refractivity contribution < 1.29 is 14.5 Å². The van der Waals surface area contributed by atoms with Gasteiger partial charge < -0.3 is 10.1 Å². The summed E-state index contributed by atoms with van der Waals surface area (Å²) in [6.45, 7) is 6.80. The van der Waals surface area contributed by atoms with Crippen LogP contribution in [0.4, 0.5) is 0 Å². The zero-order valence-electron chi connectivity index (χ0n) is 12.9. The number of allylic oxidation sites excluding steroid dienone is 3. The fourth-order valence-corrected chi connectivity index (χ4v) is 2.54. The Kier molecular flexibility index (Phi) is 4.90. The molecule has 0 saturated carbocycles. The lowest BCUT2D eigenvalue weighted by atomic mass is 9.87. The predicted molar refractivity (Wildman–Crippen MR) is 83.7 cm³/mol. The maximum Gasteiger partial charge on any atom is 0.337 e. The summed E-state index contributed by atoms with van der Waals surface area (Å²) >= 11 is 0. The van der Waals surface area contributed by atoms with Gasteiger partial charge >= 0.3 is 5.97 Å². The summed E-state index contributed by atoms with van der Waals surface area (Å²) in [4.78, 5) is 27.6. The first-order chi connectivity index (χ1) is 11.0. The number of carbonyl (C=O) groups is 1. The lowest BCUT2D eigenvalue weighted by Gasteiger charge is -2.25. The largest absolute Gasteiger partial charge is 0.458 e. The molecule has 120 valence electrons. The molecule has 2 rings (SSSR count). The minimum absolute atomic E-state index is 0.0288. The Morgan fingerprint density at radius 2 is 2.22 bits per heavy atom. The van der Waals surface area contributed by atoms with Gasteiger partial charge in [-0.15, -0.1) is 0 Å². The van der Waals surface area contributed by atoms with Crippen molar-refractivity contribution in [3.8, 4) is 0 Å². The molecule has 1 aliphatic rings. The molecule has 1 N–H and O–H groups in total. The van der Waals surface area contributed by atoms with Crippen LogP contribution in [0, 0.1) is 10.1 Å². The SMILES string of the molecule is C=CCOC(=O)C1=C(C)NC(C)=C([N+](=O)[O-])C1c1ccccn1. The second-order valence-electron chi connectivity index (χ2n) is 5.01. The van der Waals surface area contributed by atoms with E-state index in [1.54, 1.807) is 32.0 Å². The van der Waals surface area contributed by atoms with Crippen LogP contribution in [-0.2, 0) is 9.53 Å². The van der Waals surface area contributed by atoms with E-state index >= 15 is 0 Å². The van der Waals surface area contributed by atoms with Crippen LogP contribution >= 0.6 is 0 Å². The number of aromatic nitrogens is 1. The monoisotopic (exact) mass is 315 g/mol. The smallest absolute Gasteiger partial charge is 0.337 e. The molecule has 7 heteroatoms. The molecule has 1 aromatic heterocycles. The van der Waals surface area contributed by atoms with E-state index in [2.05, 4.69) is 16.9 Å². The summed E-state index contributed by atoms with van der Waals surface area (Å²) < 4.78 is 5.09. The minimum atomic E-state index is -0.884. The number of nitro groups is 1. The molecular weight excluding hydrogens is 298 g/mol. The molecule has 1 unspecified atom stereocenters. The van der Waals surface area contributed by atoms with Gasteiger partial charge in [0.1, 0.15) is 12.5 Å². The van der Waals surface area contributed by atoms with Gasteiger partial charge in [0.25, 0.3) is 5.70 Å². The summed E-state index contributed by atoms with van der Waals surface area (Å²) in [5.74, 6) is -1.51. The van der Waals surface area contributed by atoms with Gasteiger partial charge in [-0.05, 0) is 26.0 Å². The summed E-state index contributed by atoms with van der Waals surface area (Å²) in [5.41, 5.74) is 1.38. The van der Waals surface area contributed by atoms with Crippen molar-refractivity contribution >= 4 is 5.97 Å². The molecule has 0 bridgehead atoms. The third-order valence-electron chi connectivity index (χ3n) is 3.46. The summed E-state index contributed by atoms with van der Waals surface area (Å²) in [6, 6.07) is 5.08. The number of rotatable bonds is 5. The Bertz CT molecular complexity index is 707. The van der Waals surface area contributed by atoms with Gasteiger partial charge in [-0.1, -0.05) is 18.7 Å². The first-order valence-electron chi connectivity index (χ1n) is 6.99. The number of ether oxygens (including phenoxy) is 1. The Labute approximate surface area is 133 Å². The van der Waals surface area contributed by atoms with Crippen molar-refractivity contribution in [2.24, 2.45) is 0 Å². The second-order valence-corrected chi connectivity index (χ2v) is 5.01. The molecule has 0 aromatic carbocycles. The number of nitrogens with zero attached hydrogens (tertiary/aromatic N) is 2. The van der Waals surface area contributed by atoms with E-state index in [0.29, 0.717) is 17.1 Å². The molecule has 0 saturated heterocycles.